The van der Waals surface area contributed by atoms with E-state index in [1.807, 2.05) is 6.07 Å². The Morgan fingerprint density at radius 2 is 2.22 bits per heavy atom. The molecule has 0 aliphatic carbocycles. The van der Waals surface area contributed by atoms with Crippen LogP contribution in [0.1, 0.15) is 17.2 Å². The molecule has 1 aromatic rings. The normalized spacial score (nSPS) is 13.2. The predicted octanol–water partition coefficient (Wildman–Crippen LogP) is 1.60. The van der Waals surface area contributed by atoms with E-state index in [0.29, 0.717) is 0 Å². The lowest BCUT2D eigenvalue weighted by molar-refractivity contribution is 0.0242. The number of hydrogen-bond donors (Lipinski definition) is 2. The molecule has 0 bridgehead atoms. The molecule has 1 aromatic carbocycles. The highest BCUT2D eigenvalue weighted by atomic mass is 19.1. The average Bonchev–Trinajstić information content (AvgIpc) is 2.37. The van der Waals surface area contributed by atoms with Crippen molar-refractivity contribution in [3.63, 3.8) is 0 Å². The first-order valence-electron chi connectivity index (χ1n) is 5.12. The molecule has 0 radical (unpaired) electrons. The molecule has 0 saturated heterocycles. The van der Waals surface area contributed by atoms with Gasteiger partial charge in [0.2, 0.25) is 0 Å². The number of halogens is 1. The summed E-state index contributed by atoms with van der Waals surface area (Å²) < 4.78 is 13.5. The Bertz CT molecular complexity index is 508. The van der Waals surface area contributed by atoms with Crippen LogP contribution in [0.4, 0.5) is 4.39 Å². The van der Waals surface area contributed by atoms with Crippen LogP contribution in [0.5, 0.6) is 0 Å². The minimum Gasteiger partial charge on any atom is -0.390 e. The molecule has 0 saturated carbocycles. The number of nitriles is 1. The molecular formula is C11H11FN4O2. The summed E-state index contributed by atoms with van der Waals surface area (Å²) in [5, 5.41) is 30.7. The van der Waals surface area contributed by atoms with Crippen molar-refractivity contribution in [2.75, 3.05) is 6.54 Å². The molecule has 6 nitrogen and oxygen atoms in total. The number of aliphatic hydroxyl groups excluding tert-OH is 2. The van der Waals surface area contributed by atoms with E-state index >= 15 is 0 Å². The number of benzene rings is 1. The lowest BCUT2D eigenvalue weighted by Gasteiger charge is -2.16. The van der Waals surface area contributed by atoms with Crippen LogP contribution in [-0.4, -0.2) is 22.9 Å². The van der Waals surface area contributed by atoms with Gasteiger partial charge in [0.1, 0.15) is 11.9 Å². The van der Waals surface area contributed by atoms with Crippen LogP contribution in [0.3, 0.4) is 0 Å². The summed E-state index contributed by atoms with van der Waals surface area (Å²) in [6, 6.07) is 5.66. The number of hydrogen-bond acceptors (Lipinski definition) is 4. The summed E-state index contributed by atoms with van der Waals surface area (Å²) in [6.45, 7) is -0.306. The molecule has 2 N–H and O–H groups in total. The zero-order valence-electron chi connectivity index (χ0n) is 9.36. The fraction of sp³-hybridized carbons (Fsp3) is 0.364. The third kappa shape index (κ3) is 3.43. The molecule has 0 aliphatic rings. The van der Waals surface area contributed by atoms with Crippen molar-refractivity contribution >= 4 is 0 Å². The van der Waals surface area contributed by atoms with Gasteiger partial charge in [-0.25, -0.2) is 4.39 Å². The minimum absolute atomic E-state index is 0.0660. The molecule has 2 unspecified atom stereocenters. The molecule has 0 fully saturated rings. The Kier molecular flexibility index (Phi) is 5.08. The number of nitrogens with zero attached hydrogens (tertiary/aromatic N) is 4. The van der Waals surface area contributed by atoms with Gasteiger partial charge in [-0.2, -0.15) is 5.26 Å². The van der Waals surface area contributed by atoms with Crippen molar-refractivity contribution in [1.29, 1.82) is 5.26 Å². The van der Waals surface area contributed by atoms with Crippen LogP contribution in [0.2, 0.25) is 0 Å². The van der Waals surface area contributed by atoms with Crippen molar-refractivity contribution in [3.8, 4) is 6.07 Å². The highest BCUT2D eigenvalue weighted by Crippen LogP contribution is 2.20. The molecule has 0 aliphatic heterocycles. The Morgan fingerprint density at radius 3 is 2.78 bits per heavy atom. The van der Waals surface area contributed by atoms with Crippen molar-refractivity contribution in [2.24, 2.45) is 5.11 Å². The largest absolute Gasteiger partial charge is 0.390 e. The monoisotopic (exact) mass is 250 g/mol. The van der Waals surface area contributed by atoms with Gasteiger partial charge in [0.25, 0.3) is 0 Å². The molecule has 18 heavy (non-hydrogen) atoms. The summed E-state index contributed by atoms with van der Waals surface area (Å²) in [5.41, 5.74) is 8.46. The molecule has 1 rings (SSSR count). The van der Waals surface area contributed by atoms with Gasteiger partial charge in [-0.05, 0) is 17.2 Å². The molecule has 0 aromatic heterocycles. The molecular weight excluding hydrogens is 239 g/mol. The SMILES string of the molecule is N#CCc1ccc(C(O)C(O)CN=[N+]=[N-])cc1F. The van der Waals surface area contributed by atoms with Crippen molar-refractivity contribution in [2.45, 2.75) is 18.6 Å². The van der Waals surface area contributed by atoms with Gasteiger partial charge in [0.15, 0.2) is 0 Å². The Labute approximate surface area is 103 Å². The quantitative estimate of drug-likeness (QED) is 0.470. The molecule has 0 spiro atoms. The molecule has 0 heterocycles. The van der Waals surface area contributed by atoms with Crippen molar-refractivity contribution in [1.82, 2.24) is 0 Å². The van der Waals surface area contributed by atoms with E-state index in [4.69, 9.17) is 10.8 Å². The van der Waals surface area contributed by atoms with Gasteiger partial charge < -0.3 is 10.2 Å². The van der Waals surface area contributed by atoms with Crippen molar-refractivity contribution < 1.29 is 14.6 Å². The van der Waals surface area contributed by atoms with Gasteiger partial charge in [-0.3, -0.25) is 0 Å². The van der Waals surface area contributed by atoms with Gasteiger partial charge in [0, 0.05) is 10.5 Å². The maximum absolute atomic E-state index is 13.5. The maximum Gasteiger partial charge on any atom is 0.127 e. The van der Waals surface area contributed by atoms with Crippen LogP contribution in [0, 0.1) is 17.1 Å². The fourth-order valence-corrected chi connectivity index (χ4v) is 1.42. The third-order valence-electron chi connectivity index (χ3n) is 2.38. The predicted molar refractivity (Wildman–Crippen MR) is 60.7 cm³/mol. The Hall–Kier alpha value is -2.13. The van der Waals surface area contributed by atoms with E-state index in [2.05, 4.69) is 10.0 Å². The number of azide groups is 1. The van der Waals surface area contributed by atoms with Gasteiger partial charge in [-0.15, -0.1) is 0 Å². The second-order valence-electron chi connectivity index (χ2n) is 3.61. The standard InChI is InChI=1S/C11H11FN4O2/c12-9-5-8(2-1-7(9)3-4-13)11(18)10(17)6-15-16-14/h1-2,5,10-11,17-18H,3,6H2. The molecule has 0 amide bonds. The van der Waals surface area contributed by atoms with Crippen LogP contribution < -0.4 is 0 Å². The summed E-state index contributed by atoms with van der Waals surface area (Å²) in [4.78, 5) is 2.45. The first-order chi connectivity index (χ1) is 8.60. The molecule has 2 atom stereocenters. The fourth-order valence-electron chi connectivity index (χ4n) is 1.42. The van der Waals surface area contributed by atoms with E-state index in [1.165, 1.54) is 12.1 Å². The lowest BCUT2D eigenvalue weighted by atomic mass is 10.0. The average molecular weight is 250 g/mol. The summed E-state index contributed by atoms with van der Waals surface area (Å²) in [6.07, 6.45) is -2.72. The van der Waals surface area contributed by atoms with Crippen LogP contribution in [-0.2, 0) is 6.42 Å². The zero-order valence-corrected chi connectivity index (χ0v) is 9.36. The van der Waals surface area contributed by atoms with Gasteiger partial charge in [-0.1, -0.05) is 17.2 Å². The first kappa shape index (κ1) is 13.9. The summed E-state index contributed by atoms with van der Waals surface area (Å²) in [5.74, 6) is -0.621. The third-order valence-corrected chi connectivity index (χ3v) is 2.38. The Balaban J connectivity index is 2.87. The molecule has 7 heteroatoms. The van der Waals surface area contributed by atoms with Gasteiger partial charge >= 0.3 is 0 Å². The van der Waals surface area contributed by atoms with Crippen molar-refractivity contribution in [3.05, 3.63) is 45.6 Å². The van der Waals surface area contributed by atoms with Crippen LogP contribution in [0.25, 0.3) is 10.4 Å². The Morgan fingerprint density at radius 1 is 1.50 bits per heavy atom. The van der Waals surface area contributed by atoms with Crippen LogP contribution >= 0.6 is 0 Å². The lowest BCUT2D eigenvalue weighted by Crippen LogP contribution is -2.21. The van der Waals surface area contributed by atoms with Crippen LogP contribution in [0.15, 0.2) is 23.3 Å². The van der Waals surface area contributed by atoms with E-state index in [1.54, 1.807) is 0 Å². The highest BCUT2D eigenvalue weighted by molar-refractivity contribution is 5.28. The first-order valence-corrected chi connectivity index (χ1v) is 5.12. The zero-order chi connectivity index (χ0) is 13.5. The second-order valence-corrected chi connectivity index (χ2v) is 3.61. The van der Waals surface area contributed by atoms with E-state index < -0.39 is 18.0 Å². The topological polar surface area (TPSA) is 113 Å². The summed E-state index contributed by atoms with van der Waals surface area (Å²) in [7, 11) is 0. The number of aliphatic hydroxyl groups is 2. The maximum atomic E-state index is 13.5. The minimum atomic E-state index is -1.35. The molecule has 94 valence electrons. The van der Waals surface area contributed by atoms with E-state index in [9.17, 15) is 14.6 Å². The van der Waals surface area contributed by atoms with E-state index in [0.717, 1.165) is 6.07 Å². The number of rotatable bonds is 5. The smallest absolute Gasteiger partial charge is 0.127 e. The van der Waals surface area contributed by atoms with Gasteiger partial charge in [0.05, 0.1) is 25.1 Å². The highest BCUT2D eigenvalue weighted by Gasteiger charge is 2.18. The summed E-state index contributed by atoms with van der Waals surface area (Å²) >= 11 is 0. The van der Waals surface area contributed by atoms with E-state index in [-0.39, 0.29) is 24.1 Å². The second kappa shape index (κ2) is 6.57.